The first kappa shape index (κ1) is 17.4. The lowest BCUT2D eigenvalue weighted by molar-refractivity contribution is -0.125. The molecule has 1 rings (SSSR count). The average molecular weight is 283 g/mol. The van der Waals surface area contributed by atoms with Crippen LogP contribution in [-0.2, 0) is 4.79 Å². The maximum atomic E-state index is 11.9. The van der Waals surface area contributed by atoms with Gasteiger partial charge in [0.2, 0.25) is 5.91 Å². The number of carbonyl (C=O) groups is 1. The topological polar surface area (TPSA) is 58.4 Å². The second kappa shape index (κ2) is 7.99. The quantitative estimate of drug-likeness (QED) is 0.681. The van der Waals surface area contributed by atoms with Gasteiger partial charge in [0.1, 0.15) is 5.54 Å². The van der Waals surface area contributed by atoms with Crippen molar-refractivity contribution in [3.05, 3.63) is 0 Å². The second-order valence-electron chi connectivity index (χ2n) is 6.88. The van der Waals surface area contributed by atoms with Crippen LogP contribution in [0.25, 0.3) is 0 Å². The van der Waals surface area contributed by atoms with E-state index < -0.39 is 5.54 Å². The van der Waals surface area contributed by atoms with Gasteiger partial charge in [-0.2, -0.15) is 0 Å². The van der Waals surface area contributed by atoms with E-state index in [0.29, 0.717) is 12.0 Å². The molecule has 20 heavy (non-hydrogen) atoms. The molecular weight excluding hydrogens is 250 g/mol. The first-order valence-electron chi connectivity index (χ1n) is 8.18. The van der Waals surface area contributed by atoms with Gasteiger partial charge in [0.25, 0.3) is 0 Å². The number of hydrogen-bond donors (Lipinski definition) is 2. The van der Waals surface area contributed by atoms with Gasteiger partial charge in [0.05, 0.1) is 0 Å². The number of rotatable bonds is 9. The van der Waals surface area contributed by atoms with Crippen molar-refractivity contribution in [2.75, 3.05) is 19.6 Å². The van der Waals surface area contributed by atoms with Crippen LogP contribution in [0.3, 0.4) is 0 Å². The molecule has 4 heteroatoms. The van der Waals surface area contributed by atoms with E-state index in [4.69, 9.17) is 5.73 Å². The zero-order valence-corrected chi connectivity index (χ0v) is 13.7. The number of primary amides is 1. The number of nitrogens with two attached hydrogens (primary N) is 1. The summed E-state index contributed by atoms with van der Waals surface area (Å²) >= 11 is 0. The summed E-state index contributed by atoms with van der Waals surface area (Å²) in [4.78, 5) is 14.4. The number of nitrogens with one attached hydrogen (secondary N) is 1. The van der Waals surface area contributed by atoms with Crippen LogP contribution in [-0.4, -0.2) is 42.0 Å². The molecule has 0 heterocycles. The van der Waals surface area contributed by atoms with E-state index >= 15 is 0 Å². The zero-order chi connectivity index (χ0) is 15.2. The molecule has 4 nitrogen and oxygen atoms in total. The Balaban J connectivity index is 2.75. The Morgan fingerprint density at radius 3 is 2.45 bits per heavy atom. The van der Waals surface area contributed by atoms with Gasteiger partial charge in [-0.15, -0.1) is 0 Å². The van der Waals surface area contributed by atoms with Crippen LogP contribution in [0, 0.1) is 5.92 Å². The van der Waals surface area contributed by atoms with Gasteiger partial charge in [-0.25, -0.2) is 0 Å². The molecule has 118 valence electrons. The highest BCUT2D eigenvalue weighted by Gasteiger charge is 2.35. The van der Waals surface area contributed by atoms with Crippen molar-refractivity contribution in [2.45, 2.75) is 71.4 Å². The van der Waals surface area contributed by atoms with Gasteiger partial charge in [0, 0.05) is 19.1 Å². The van der Waals surface area contributed by atoms with Gasteiger partial charge in [-0.05, 0) is 38.6 Å². The fourth-order valence-corrected chi connectivity index (χ4v) is 3.11. The third kappa shape index (κ3) is 5.06. The third-order valence-electron chi connectivity index (χ3n) is 4.27. The predicted octanol–water partition coefficient (Wildman–Crippen LogP) is 2.13. The molecule has 1 atom stereocenters. The van der Waals surface area contributed by atoms with Crippen LogP contribution in [0.4, 0.5) is 0 Å². The van der Waals surface area contributed by atoms with Crippen LogP contribution in [0.1, 0.15) is 59.8 Å². The van der Waals surface area contributed by atoms with E-state index in [9.17, 15) is 4.79 Å². The molecule has 0 aromatic carbocycles. The summed E-state index contributed by atoms with van der Waals surface area (Å²) in [5, 5.41) is 3.36. The highest BCUT2D eigenvalue weighted by molar-refractivity contribution is 5.84. The van der Waals surface area contributed by atoms with E-state index in [1.807, 2.05) is 6.92 Å². The summed E-state index contributed by atoms with van der Waals surface area (Å²) in [5.74, 6) is 0.372. The molecule has 3 N–H and O–H groups in total. The molecule has 1 aliphatic carbocycles. The highest BCUT2D eigenvalue weighted by Crippen LogP contribution is 2.25. The van der Waals surface area contributed by atoms with Gasteiger partial charge in [-0.1, -0.05) is 33.6 Å². The third-order valence-corrected chi connectivity index (χ3v) is 4.27. The lowest BCUT2D eigenvalue weighted by atomic mass is 9.98. The summed E-state index contributed by atoms with van der Waals surface area (Å²) in [5.41, 5.74) is 5.04. The van der Waals surface area contributed by atoms with E-state index in [1.54, 1.807) is 0 Å². The molecule has 0 spiro atoms. The Morgan fingerprint density at radius 1 is 1.40 bits per heavy atom. The molecular formula is C16H33N3O. The van der Waals surface area contributed by atoms with Crippen molar-refractivity contribution in [2.24, 2.45) is 11.7 Å². The minimum Gasteiger partial charge on any atom is -0.368 e. The largest absolute Gasteiger partial charge is 0.368 e. The molecule has 1 amide bonds. The maximum Gasteiger partial charge on any atom is 0.238 e. The fourth-order valence-electron chi connectivity index (χ4n) is 3.11. The predicted molar refractivity (Wildman–Crippen MR) is 84.6 cm³/mol. The molecule has 1 unspecified atom stereocenters. The van der Waals surface area contributed by atoms with Crippen LogP contribution >= 0.6 is 0 Å². The van der Waals surface area contributed by atoms with Crippen molar-refractivity contribution < 1.29 is 4.79 Å². The standard InChI is InChI=1S/C16H33N3O/c1-5-10-18-16(4,15(17)20)12-19(11-13(2)3)14-8-6-7-9-14/h13-14,18H,5-12H2,1-4H3,(H2,17,20). The Morgan fingerprint density at radius 2 is 2.00 bits per heavy atom. The number of nitrogens with zero attached hydrogens (tertiary/aromatic N) is 1. The van der Waals surface area contributed by atoms with Gasteiger partial charge >= 0.3 is 0 Å². The van der Waals surface area contributed by atoms with Crippen LogP contribution in [0.15, 0.2) is 0 Å². The first-order valence-corrected chi connectivity index (χ1v) is 8.18. The SMILES string of the molecule is CCCNC(C)(CN(CC(C)C)C1CCCC1)C(N)=O. The normalized spacial score (nSPS) is 19.7. The highest BCUT2D eigenvalue weighted by atomic mass is 16.1. The minimum absolute atomic E-state index is 0.238. The van der Waals surface area contributed by atoms with Crippen LogP contribution < -0.4 is 11.1 Å². The van der Waals surface area contributed by atoms with Gasteiger partial charge in [0.15, 0.2) is 0 Å². The van der Waals surface area contributed by atoms with Gasteiger partial charge in [-0.3, -0.25) is 9.69 Å². The molecule has 0 aromatic rings. The monoisotopic (exact) mass is 283 g/mol. The molecule has 0 bridgehead atoms. The van der Waals surface area contributed by atoms with Crippen molar-refractivity contribution in [3.8, 4) is 0 Å². The maximum absolute atomic E-state index is 11.9. The number of carbonyl (C=O) groups excluding carboxylic acids is 1. The number of amides is 1. The van der Waals surface area contributed by atoms with E-state index in [1.165, 1.54) is 25.7 Å². The Labute approximate surface area is 124 Å². The van der Waals surface area contributed by atoms with Crippen molar-refractivity contribution >= 4 is 5.91 Å². The van der Waals surface area contributed by atoms with E-state index in [0.717, 1.165) is 26.1 Å². The Bertz CT molecular complexity index is 300. The molecule has 1 saturated carbocycles. The summed E-state index contributed by atoms with van der Waals surface area (Å²) < 4.78 is 0. The molecule has 0 saturated heterocycles. The Kier molecular flexibility index (Phi) is 6.96. The first-order chi connectivity index (χ1) is 9.39. The van der Waals surface area contributed by atoms with Gasteiger partial charge < -0.3 is 11.1 Å². The summed E-state index contributed by atoms with van der Waals surface area (Å²) in [6, 6.07) is 0.625. The summed E-state index contributed by atoms with van der Waals surface area (Å²) in [6.07, 6.45) is 6.16. The number of hydrogen-bond acceptors (Lipinski definition) is 3. The lowest BCUT2D eigenvalue weighted by Gasteiger charge is -2.38. The van der Waals surface area contributed by atoms with Crippen LogP contribution in [0.5, 0.6) is 0 Å². The summed E-state index contributed by atoms with van der Waals surface area (Å²) in [6.45, 7) is 11.1. The smallest absolute Gasteiger partial charge is 0.238 e. The Hall–Kier alpha value is -0.610. The molecule has 0 aliphatic heterocycles. The van der Waals surface area contributed by atoms with Crippen molar-refractivity contribution in [1.29, 1.82) is 0 Å². The minimum atomic E-state index is -0.618. The fraction of sp³-hybridized carbons (Fsp3) is 0.938. The molecule has 1 aliphatic rings. The second-order valence-corrected chi connectivity index (χ2v) is 6.88. The molecule has 0 aromatic heterocycles. The van der Waals surface area contributed by atoms with Crippen molar-refractivity contribution in [1.82, 2.24) is 10.2 Å². The average Bonchev–Trinajstić information content (AvgIpc) is 2.88. The van der Waals surface area contributed by atoms with Crippen molar-refractivity contribution in [3.63, 3.8) is 0 Å². The molecule has 1 fully saturated rings. The lowest BCUT2D eigenvalue weighted by Crippen LogP contribution is -2.61. The van der Waals surface area contributed by atoms with Crippen LogP contribution in [0.2, 0.25) is 0 Å². The van der Waals surface area contributed by atoms with E-state index in [-0.39, 0.29) is 5.91 Å². The zero-order valence-electron chi connectivity index (χ0n) is 13.7. The van der Waals surface area contributed by atoms with E-state index in [2.05, 4.69) is 31.0 Å². The molecule has 0 radical (unpaired) electrons. The summed E-state index contributed by atoms with van der Waals surface area (Å²) in [7, 11) is 0.